The van der Waals surface area contributed by atoms with Gasteiger partial charge in [0.15, 0.2) is 5.82 Å². The summed E-state index contributed by atoms with van der Waals surface area (Å²) in [7, 11) is -3.42. The van der Waals surface area contributed by atoms with Gasteiger partial charge in [-0.15, -0.1) is 5.10 Å². The highest BCUT2D eigenvalue weighted by molar-refractivity contribution is 7.89. The lowest BCUT2D eigenvalue weighted by Crippen LogP contribution is -2.48. The summed E-state index contributed by atoms with van der Waals surface area (Å²) < 4.78 is 29.6. The molecule has 1 aromatic heterocycles. The van der Waals surface area contributed by atoms with E-state index >= 15 is 0 Å². The SMILES string of the molecule is O=S(=O)(c1ccc2c(c1)CCC2)N1CCN(Cc2nnnn2C2CC2)CC1. The van der Waals surface area contributed by atoms with Crippen LogP contribution in [0.1, 0.15) is 42.3 Å². The molecule has 5 rings (SSSR count). The van der Waals surface area contributed by atoms with E-state index in [1.165, 1.54) is 11.1 Å². The smallest absolute Gasteiger partial charge is 0.243 e. The number of hydrogen-bond acceptors (Lipinski definition) is 6. The van der Waals surface area contributed by atoms with Crippen molar-refractivity contribution in [2.45, 2.75) is 49.6 Å². The number of aromatic nitrogens is 4. The van der Waals surface area contributed by atoms with E-state index in [1.54, 1.807) is 10.4 Å². The molecule has 144 valence electrons. The van der Waals surface area contributed by atoms with Crippen LogP contribution in [0.2, 0.25) is 0 Å². The van der Waals surface area contributed by atoms with Gasteiger partial charge in [-0.05, 0) is 65.8 Å². The molecule has 0 amide bonds. The molecule has 2 aliphatic carbocycles. The monoisotopic (exact) mass is 388 g/mol. The van der Waals surface area contributed by atoms with Crippen molar-refractivity contribution in [3.63, 3.8) is 0 Å². The largest absolute Gasteiger partial charge is 0.293 e. The van der Waals surface area contributed by atoms with E-state index in [1.807, 2.05) is 16.8 Å². The van der Waals surface area contributed by atoms with Crippen LogP contribution in [-0.2, 0) is 29.4 Å². The lowest BCUT2D eigenvalue weighted by Gasteiger charge is -2.33. The molecule has 1 aliphatic heterocycles. The Bertz CT molecular complexity index is 945. The first-order chi connectivity index (χ1) is 13.1. The molecule has 2 heterocycles. The van der Waals surface area contributed by atoms with Crippen molar-refractivity contribution in [1.29, 1.82) is 0 Å². The Morgan fingerprint density at radius 2 is 1.81 bits per heavy atom. The second kappa shape index (κ2) is 6.65. The number of rotatable bonds is 5. The summed E-state index contributed by atoms with van der Waals surface area (Å²) in [5, 5.41) is 12.0. The van der Waals surface area contributed by atoms with Gasteiger partial charge in [0.05, 0.1) is 17.5 Å². The maximum atomic E-state index is 13.0. The first-order valence-corrected chi connectivity index (χ1v) is 11.2. The molecule has 0 spiro atoms. The molecule has 0 N–H and O–H groups in total. The van der Waals surface area contributed by atoms with Crippen LogP contribution in [0.3, 0.4) is 0 Å². The highest BCUT2D eigenvalue weighted by Gasteiger charge is 2.31. The summed E-state index contributed by atoms with van der Waals surface area (Å²) in [6.45, 7) is 3.08. The van der Waals surface area contributed by atoms with Crippen LogP contribution in [0.15, 0.2) is 23.1 Å². The first kappa shape index (κ1) is 17.3. The Morgan fingerprint density at radius 1 is 1.04 bits per heavy atom. The molecular weight excluding hydrogens is 364 g/mol. The summed E-state index contributed by atoms with van der Waals surface area (Å²) in [5.41, 5.74) is 2.49. The number of tetrazole rings is 1. The number of fused-ring (bicyclic) bond motifs is 1. The molecular formula is C18H24N6O2S. The van der Waals surface area contributed by atoms with E-state index in [0.717, 1.165) is 37.9 Å². The van der Waals surface area contributed by atoms with Crippen molar-refractivity contribution in [3.8, 4) is 0 Å². The normalized spacial score (nSPS) is 21.5. The molecule has 0 atom stereocenters. The highest BCUT2D eigenvalue weighted by Crippen LogP contribution is 2.34. The van der Waals surface area contributed by atoms with E-state index in [0.29, 0.717) is 43.7 Å². The molecule has 1 saturated heterocycles. The predicted octanol–water partition coefficient (Wildman–Crippen LogP) is 1.00. The summed E-state index contributed by atoms with van der Waals surface area (Å²) in [5.74, 6) is 0.882. The minimum absolute atomic E-state index is 0.439. The molecule has 9 heteroatoms. The van der Waals surface area contributed by atoms with Crippen LogP contribution in [0.4, 0.5) is 0 Å². The zero-order chi connectivity index (χ0) is 18.4. The van der Waals surface area contributed by atoms with Crippen molar-refractivity contribution in [1.82, 2.24) is 29.4 Å². The average molecular weight is 388 g/mol. The van der Waals surface area contributed by atoms with Gasteiger partial charge in [0, 0.05) is 26.2 Å². The number of hydrogen-bond donors (Lipinski definition) is 0. The van der Waals surface area contributed by atoms with Gasteiger partial charge in [0.2, 0.25) is 10.0 Å². The summed E-state index contributed by atoms with van der Waals surface area (Å²) in [4.78, 5) is 2.67. The molecule has 0 bridgehead atoms. The lowest BCUT2D eigenvalue weighted by molar-refractivity contribution is 0.175. The lowest BCUT2D eigenvalue weighted by atomic mass is 10.1. The van der Waals surface area contributed by atoms with Gasteiger partial charge in [-0.2, -0.15) is 4.31 Å². The van der Waals surface area contributed by atoms with Gasteiger partial charge in [-0.25, -0.2) is 13.1 Å². The third kappa shape index (κ3) is 3.28. The van der Waals surface area contributed by atoms with Crippen molar-refractivity contribution in [3.05, 3.63) is 35.2 Å². The molecule has 1 aromatic carbocycles. The number of aryl methyl sites for hydroxylation is 2. The molecule has 0 radical (unpaired) electrons. The number of piperazine rings is 1. The topological polar surface area (TPSA) is 84.2 Å². The Hall–Kier alpha value is -1.84. The van der Waals surface area contributed by atoms with E-state index < -0.39 is 10.0 Å². The highest BCUT2D eigenvalue weighted by atomic mass is 32.2. The van der Waals surface area contributed by atoms with Crippen molar-refractivity contribution in [2.24, 2.45) is 0 Å². The standard InChI is InChI=1S/C18H24N6O2S/c25-27(26,17-7-4-14-2-1-3-15(14)12-17)23-10-8-22(9-11-23)13-18-19-20-21-24(18)16-5-6-16/h4,7,12,16H,1-3,5-6,8-11,13H2. The first-order valence-electron chi connectivity index (χ1n) is 9.72. The number of benzene rings is 1. The quantitative estimate of drug-likeness (QED) is 0.760. The Kier molecular flexibility index (Phi) is 4.25. The third-order valence-corrected chi connectivity index (χ3v) is 7.75. The Labute approximate surface area is 159 Å². The van der Waals surface area contributed by atoms with Gasteiger partial charge in [0.25, 0.3) is 0 Å². The second-order valence-corrected chi connectivity index (χ2v) is 9.67. The minimum atomic E-state index is -3.42. The van der Waals surface area contributed by atoms with Gasteiger partial charge in [0.1, 0.15) is 0 Å². The van der Waals surface area contributed by atoms with E-state index in [9.17, 15) is 8.42 Å². The number of sulfonamides is 1. The molecule has 8 nitrogen and oxygen atoms in total. The Balaban J connectivity index is 1.25. The van der Waals surface area contributed by atoms with Crippen LogP contribution < -0.4 is 0 Å². The fourth-order valence-corrected chi connectivity index (χ4v) is 5.58. The van der Waals surface area contributed by atoms with Gasteiger partial charge >= 0.3 is 0 Å². The summed E-state index contributed by atoms with van der Waals surface area (Å²) in [6.07, 6.45) is 5.46. The van der Waals surface area contributed by atoms with Crippen LogP contribution in [-0.4, -0.2) is 64.0 Å². The Morgan fingerprint density at radius 3 is 2.59 bits per heavy atom. The van der Waals surface area contributed by atoms with E-state index in [2.05, 4.69) is 20.4 Å². The fourth-order valence-electron chi connectivity index (χ4n) is 4.10. The van der Waals surface area contributed by atoms with Gasteiger partial charge < -0.3 is 0 Å². The molecule has 2 fully saturated rings. The van der Waals surface area contributed by atoms with Crippen LogP contribution >= 0.6 is 0 Å². The second-order valence-electron chi connectivity index (χ2n) is 7.74. The predicted molar refractivity (Wildman–Crippen MR) is 98.6 cm³/mol. The fraction of sp³-hybridized carbons (Fsp3) is 0.611. The average Bonchev–Trinajstić information content (AvgIpc) is 3.23. The van der Waals surface area contributed by atoms with Crippen LogP contribution in [0.25, 0.3) is 0 Å². The summed E-state index contributed by atoms with van der Waals surface area (Å²) >= 11 is 0. The maximum Gasteiger partial charge on any atom is 0.243 e. The van der Waals surface area contributed by atoms with E-state index in [4.69, 9.17) is 0 Å². The zero-order valence-electron chi connectivity index (χ0n) is 15.3. The minimum Gasteiger partial charge on any atom is -0.293 e. The molecule has 2 aromatic rings. The molecule has 1 saturated carbocycles. The van der Waals surface area contributed by atoms with Crippen LogP contribution in [0, 0.1) is 0 Å². The van der Waals surface area contributed by atoms with Gasteiger partial charge in [-0.3, -0.25) is 4.90 Å². The maximum absolute atomic E-state index is 13.0. The zero-order valence-corrected chi connectivity index (χ0v) is 16.1. The van der Waals surface area contributed by atoms with E-state index in [-0.39, 0.29) is 0 Å². The number of nitrogens with zero attached hydrogens (tertiary/aromatic N) is 6. The van der Waals surface area contributed by atoms with Crippen molar-refractivity contribution in [2.75, 3.05) is 26.2 Å². The molecule has 27 heavy (non-hydrogen) atoms. The van der Waals surface area contributed by atoms with Crippen LogP contribution in [0.5, 0.6) is 0 Å². The molecule has 3 aliphatic rings. The molecule has 0 unspecified atom stereocenters. The third-order valence-electron chi connectivity index (χ3n) is 5.86. The van der Waals surface area contributed by atoms with Gasteiger partial charge in [-0.1, -0.05) is 6.07 Å². The summed E-state index contributed by atoms with van der Waals surface area (Å²) in [6, 6.07) is 6.10. The van der Waals surface area contributed by atoms with Crippen molar-refractivity contribution >= 4 is 10.0 Å². The van der Waals surface area contributed by atoms with Crippen molar-refractivity contribution < 1.29 is 8.42 Å².